The Hall–Kier alpha value is -4.08. The van der Waals surface area contributed by atoms with Crippen molar-refractivity contribution in [2.75, 3.05) is 69.4 Å². The minimum atomic E-state index is -3.49. The molecule has 308 valence electrons. The number of morpholine rings is 1. The van der Waals surface area contributed by atoms with Gasteiger partial charge in [-0.15, -0.1) is 0 Å². The van der Waals surface area contributed by atoms with Crippen LogP contribution < -0.4 is 20.6 Å². The number of hydrogen-bond donors (Lipinski definition) is 1. The minimum Gasteiger partial charge on any atom is -0.491 e. The van der Waals surface area contributed by atoms with Gasteiger partial charge in [0.15, 0.2) is 6.29 Å². The summed E-state index contributed by atoms with van der Waals surface area (Å²) in [7, 11) is 1.63. The summed E-state index contributed by atoms with van der Waals surface area (Å²) in [5.74, 6) is -4.99. The Kier molecular flexibility index (Phi) is 13.4. The first-order chi connectivity index (χ1) is 26.7. The van der Waals surface area contributed by atoms with E-state index in [0.29, 0.717) is 62.8 Å². The number of aromatic nitrogens is 2. The number of alkyl halides is 2. The molecule has 1 atom stereocenters. The topological polar surface area (TPSA) is 117 Å². The van der Waals surface area contributed by atoms with E-state index in [2.05, 4.69) is 15.2 Å². The Morgan fingerprint density at radius 3 is 2.39 bits per heavy atom. The van der Waals surface area contributed by atoms with Crippen LogP contribution in [0.5, 0.6) is 5.75 Å². The van der Waals surface area contributed by atoms with E-state index in [9.17, 15) is 9.59 Å². The van der Waals surface area contributed by atoms with Crippen LogP contribution in [0.3, 0.4) is 0 Å². The fourth-order valence-corrected chi connectivity index (χ4v) is 7.59. The van der Waals surface area contributed by atoms with Crippen molar-refractivity contribution < 1.29 is 41.7 Å². The van der Waals surface area contributed by atoms with Crippen molar-refractivity contribution in [3.8, 4) is 5.75 Å². The summed E-state index contributed by atoms with van der Waals surface area (Å²) in [6.07, 6.45) is 3.95. The molecule has 1 N–H and O–H groups in total. The highest BCUT2D eigenvalue weighted by molar-refractivity contribution is 5.96. The summed E-state index contributed by atoms with van der Waals surface area (Å²) < 4.78 is 78.4. The zero-order valence-electron chi connectivity index (χ0n) is 33.2. The van der Waals surface area contributed by atoms with E-state index in [1.165, 1.54) is 21.6 Å². The average molecular weight is 788 g/mol. The van der Waals surface area contributed by atoms with Gasteiger partial charge in [-0.1, -0.05) is 31.0 Å². The summed E-state index contributed by atoms with van der Waals surface area (Å²) in [6, 6.07) is 7.00. The van der Waals surface area contributed by atoms with Crippen LogP contribution >= 0.6 is 0 Å². The Balaban J connectivity index is 1.21. The van der Waals surface area contributed by atoms with E-state index in [1.807, 2.05) is 12.1 Å². The standard InChI is InChI=1S/C41H56F3N5O7/c1-27(30-11-10-12-32(35(30)42)41(43,44)28-14-16-49(17-15-28)39(51)56-40(2,3)4)45-37-31-25-29(48-18-21-52-22-19-48)26-33(36(31)47(5)38(50)46-37)53-20-9-7-6-8-13-34-54-23-24-55-34/h10-12,25-28,34H,6-9,13-24H2,1-5H3,(H,45,46,50)/t27-/m1/s1. The normalized spacial score (nSPS) is 18.1. The lowest BCUT2D eigenvalue weighted by Crippen LogP contribution is -2.44. The van der Waals surface area contributed by atoms with E-state index >= 15 is 13.2 Å². The van der Waals surface area contributed by atoms with Gasteiger partial charge < -0.3 is 38.8 Å². The van der Waals surface area contributed by atoms with Crippen LogP contribution in [0.25, 0.3) is 10.9 Å². The number of piperidine rings is 1. The molecule has 0 bridgehead atoms. The lowest BCUT2D eigenvalue weighted by atomic mass is 9.85. The second-order valence-corrected chi connectivity index (χ2v) is 15.9. The highest BCUT2D eigenvalue weighted by Crippen LogP contribution is 2.44. The predicted molar refractivity (Wildman–Crippen MR) is 207 cm³/mol. The SMILES string of the molecule is C[C@@H](Nc1nc(=O)n(C)c2c(OCCCCCCC3OCCO3)cc(N3CCOCC3)cc12)c1cccc(C(F)(F)C2CCN(C(=O)OC(C)(C)C)CC2)c1F. The monoisotopic (exact) mass is 787 g/mol. The fraction of sp³-hybridized carbons (Fsp3) is 0.634. The van der Waals surface area contributed by atoms with Crippen LogP contribution in [0.4, 0.5) is 29.5 Å². The molecule has 4 heterocycles. The largest absolute Gasteiger partial charge is 0.491 e. The number of carbonyl (C=O) groups excluding carboxylic acids is 1. The van der Waals surface area contributed by atoms with Crippen molar-refractivity contribution in [3.05, 3.63) is 57.8 Å². The maximum absolute atomic E-state index is 16.3. The van der Waals surface area contributed by atoms with Gasteiger partial charge in [-0.2, -0.15) is 4.98 Å². The maximum atomic E-state index is 16.3. The third-order valence-corrected chi connectivity index (χ3v) is 10.7. The van der Waals surface area contributed by atoms with Crippen LogP contribution in [0.1, 0.15) is 89.8 Å². The molecule has 3 saturated heterocycles. The van der Waals surface area contributed by atoms with Crippen LogP contribution in [0.15, 0.2) is 35.1 Å². The highest BCUT2D eigenvalue weighted by Gasteiger charge is 2.46. The van der Waals surface area contributed by atoms with E-state index in [0.717, 1.165) is 43.9 Å². The summed E-state index contributed by atoms with van der Waals surface area (Å²) in [4.78, 5) is 33.8. The molecule has 3 aromatic rings. The molecule has 3 aliphatic heterocycles. The lowest BCUT2D eigenvalue weighted by molar-refractivity contribution is -0.0885. The minimum absolute atomic E-state index is 0.00586. The number of amides is 1. The number of nitrogens with one attached hydrogen (secondary N) is 1. The molecule has 0 radical (unpaired) electrons. The van der Waals surface area contributed by atoms with Crippen LogP contribution in [0, 0.1) is 11.7 Å². The van der Waals surface area contributed by atoms with Gasteiger partial charge in [0.1, 0.15) is 23.0 Å². The second-order valence-electron chi connectivity index (χ2n) is 15.9. The van der Waals surface area contributed by atoms with Crippen molar-refractivity contribution in [2.24, 2.45) is 13.0 Å². The smallest absolute Gasteiger partial charge is 0.410 e. The van der Waals surface area contributed by atoms with Crippen LogP contribution in [-0.4, -0.2) is 91.6 Å². The third kappa shape index (κ3) is 9.89. The Morgan fingerprint density at radius 2 is 1.70 bits per heavy atom. The zero-order chi connectivity index (χ0) is 40.0. The average Bonchev–Trinajstić information content (AvgIpc) is 3.69. The molecule has 3 fully saturated rings. The molecule has 15 heteroatoms. The first-order valence-corrected chi connectivity index (χ1v) is 19.9. The molecule has 6 rings (SSSR count). The molecule has 0 saturated carbocycles. The van der Waals surface area contributed by atoms with Gasteiger partial charge in [0.2, 0.25) is 0 Å². The number of anilines is 2. The number of carbonyl (C=O) groups is 1. The molecule has 2 aromatic carbocycles. The predicted octanol–water partition coefficient (Wildman–Crippen LogP) is 7.52. The number of benzene rings is 2. The molecule has 12 nitrogen and oxygen atoms in total. The van der Waals surface area contributed by atoms with Crippen molar-refractivity contribution in [2.45, 2.75) is 96.5 Å². The zero-order valence-corrected chi connectivity index (χ0v) is 33.2. The number of rotatable bonds is 14. The number of likely N-dealkylation sites (tertiary alicyclic amines) is 1. The van der Waals surface area contributed by atoms with Crippen molar-refractivity contribution in [3.63, 3.8) is 0 Å². The van der Waals surface area contributed by atoms with Gasteiger partial charge in [0, 0.05) is 61.8 Å². The van der Waals surface area contributed by atoms with E-state index < -0.39 is 46.6 Å². The quantitative estimate of drug-likeness (QED) is 0.165. The number of aryl methyl sites for hydroxylation is 1. The number of halogens is 3. The number of fused-ring (bicyclic) bond motifs is 1. The summed E-state index contributed by atoms with van der Waals surface area (Å²) >= 11 is 0. The molecular weight excluding hydrogens is 731 g/mol. The lowest BCUT2D eigenvalue weighted by Gasteiger charge is -2.37. The van der Waals surface area contributed by atoms with Crippen molar-refractivity contribution in [1.29, 1.82) is 0 Å². The molecule has 56 heavy (non-hydrogen) atoms. The first-order valence-electron chi connectivity index (χ1n) is 19.9. The Morgan fingerprint density at radius 1 is 1.00 bits per heavy atom. The van der Waals surface area contributed by atoms with E-state index in [-0.39, 0.29) is 43.6 Å². The number of unbranched alkanes of at least 4 members (excludes halogenated alkanes) is 3. The molecule has 3 aliphatic rings. The third-order valence-electron chi connectivity index (χ3n) is 10.7. The van der Waals surface area contributed by atoms with Crippen LogP contribution in [-0.2, 0) is 31.9 Å². The second kappa shape index (κ2) is 18.0. The van der Waals surface area contributed by atoms with E-state index in [4.69, 9.17) is 23.7 Å². The van der Waals surface area contributed by atoms with Gasteiger partial charge in [-0.05, 0) is 65.9 Å². The van der Waals surface area contributed by atoms with Gasteiger partial charge >= 0.3 is 11.8 Å². The molecule has 0 spiro atoms. The van der Waals surface area contributed by atoms with Gasteiger partial charge in [-0.3, -0.25) is 4.57 Å². The fourth-order valence-electron chi connectivity index (χ4n) is 7.59. The Bertz CT molecular complexity index is 1870. The summed E-state index contributed by atoms with van der Waals surface area (Å²) in [5, 5.41) is 3.77. The Labute approximate surface area is 326 Å². The maximum Gasteiger partial charge on any atom is 0.410 e. The molecule has 0 unspecified atom stereocenters. The first kappa shape index (κ1) is 41.6. The number of nitrogens with zero attached hydrogens (tertiary/aromatic N) is 4. The van der Waals surface area contributed by atoms with Crippen molar-refractivity contribution >= 4 is 28.5 Å². The number of hydrogen-bond acceptors (Lipinski definition) is 10. The van der Waals surface area contributed by atoms with Crippen LogP contribution in [0.2, 0.25) is 0 Å². The number of ether oxygens (including phenoxy) is 5. The molecule has 1 amide bonds. The van der Waals surface area contributed by atoms with Gasteiger partial charge in [-0.25, -0.2) is 22.8 Å². The molecule has 0 aliphatic carbocycles. The summed E-state index contributed by atoms with van der Waals surface area (Å²) in [5.41, 5.74) is -0.573. The van der Waals surface area contributed by atoms with E-state index in [1.54, 1.807) is 34.7 Å². The molecule has 1 aromatic heterocycles. The summed E-state index contributed by atoms with van der Waals surface area (Å²) in [6.45, 7) is 11.2. The van der Waals surface area contributed by atoms with Gasteiger partial charge in [0.05, 0.1) is 50.2 Å². The highest BCUT2D eigenvalue weighted by atomic mass is 19.3. The van der Waals surface area contributed by atoms with Crippen molar-refractivity contribution in [1.82, 2.24) is 14.5 Å². The molecular formula is C41H56F3N5O7. The van der Waals surface area contributed by atoms with Gasteiger partial charge in [0.25, 0.3) is 5.92 Å².